The van der Waals surface area contributed by atoms with E-state index in [4.69, 9.17) is 5.73 Å². The van der Waals surface area contributed by atoms with E-state index in [0.29, 0.717) is 11.4 Å². The molecule has 1 aliphatic carbocycles. The fraction of sp³-hybridized carbons (Fsp3) is 0.364. The monoisotopic (exact) mass is 223 g/mol. The van der Waals surface area contributed by atoms with Crippen molar-refractivity contribution in [2.75, 3.05) is 5.73 Å². The van der Waals surface area contributed by atoms with Crippen molar-refractivity contribution in [2.24, 2.45) is 5.92 Å². The number of nitrogens with two attached hydrogens (primary N) is 1. The van der Waals surface area contributed by atoms with Crippen molar-refractivity contribution in [1.82, 2.24) is 9.55 Å². The summed E-state index contributed by atoms with van der Waals surface area (Å²) in [4.78, 5) is 3.95. The van der Waals surface area contributed by atoms with Gasteiger partial charge in [0.15, 0.2) is 5.82 Å². The summed E-state index contributed by atoms with van der Waals surface area (Å²) in [5, 5.41) is 0. The summed E-state index contributed by atoms with van der Waals surface area (Å²) in [6.07, 6.45) is 0.980. The van der Waals surface area contributed by atoms with E-state index in [1.807, 2.05) is 0 Å². The summed E-state index contributed by atoms with van der Waals surface area (Å²) >= 11 is 0. The molecule has 0 aliphatic heterocycles. The number of fused-ring (bicyclic) bond motifs is 1. The van der Waals surface area contributed by atoms with Gasteiger partial charge in [0.05, 0.1) is 5.52 Å². The van der Waals surface area contributed by atoms with E-state index in [1.54, 1.807) is 4.57 Å². The Bertz CT molecular complexity index is 576. The van der Waals surface area contributed by atoms with E-state index in [9.17, 15) is 8.78 Å². The van der Waals surface area contributed by atoms with Crippen LogP contribution in [-0.2, 0) is 0 Å². The van der Waals surface area contributed by atoms with Gasteiger partial charge in [0.25, 0.3) is 0 Å². The summed E-state index contributed by atoms with van der Waals surface area (Å²) in [7, 11) is 0. The number of nitrogen functional groups attached to an aromatic ring is 1. The maximum Gasteiger partial charge on any atom is 0.201 e. The lowest BCUT2D eigenvalue weighted by Gasteiger charge is -2.04. The van der Waals surface area contributed by atoms with Crippen LogP contribution in [0, 0.1) is 17.6 Å². The fourth-order valence-electron chi connectivity index (χ4n) is 2.15. The van der Waals surface area contributed by atoms with Gasteiger partial charge in [-0.15, -0.1) is 0 Å². The highest BCUT2D eigenvalue weighted by Gasteiger charge is 2.37. The topological polar surface area (TPSA) is 43.8 Å². The van der Waals surface area contributed by atoms with Crippen molar-refractivity contribution < 1.29 is 8.78 Å². The van der Waals surface area contributed by atoms with Crippen LogP contribution in [0.4, 0.5) is 14.7 Å². The molecule has 0 saturated heterocycles. The van der Waals surface area contributed by atoms with Crippen molar-refractivity contribution in [3.63, 3.8) is 0 Å². The molecule has 1 aromatic carbocycles. The molecule has 3 rings (SSSR count). The second-order valence-electron chi connectivity index (χ2n) is 4.38. The van der Waals surface area contributed by atoms with Gasteiger partial charge in [-0.3, -0.25) is 0 Å². The van der Waals surface area contributed by atoms with Crippen LogP contribution >= 0.6 is 0 Å². The summed E-state index contributed by atoms with van der Waals surface area (Å²) in [5.74, 6) is -0.506. The largest absolute Gasteiger partial charge is 0.369 e. The molecule has 1 saturated carbocycles. The Balaban J connectivity index is 2.31. The van der Waals surface area contributed by atoms with Gasteiger partial charge in [-0.05, 0) is 12.3 Å². The Hall–Kier alpha value is -1.65. The number of imidazole rings is 1. The predicted octanol–water partition coefficient (Wildman–Crippen LogP) is 2.48. The highest BCUT2D eigenvalue weighted by atomic mass is 19.1. The van der Waals surface area contributed by atoms with Crippen LogP contribution in [0.1, 0.15) is 19.4 Å². The van der Waals surface area contributed by atoms with E-state index in [0.717, 1.165) is 12.5 Å². The van der Waals surface area contributed by atoms with Gasteiger partial charge in [-0.1, -0.05) is 6.92 Å². The van der Waals surface area contributed by atoms with Gasteiger partial charge in [0.2, 0.25) is 5.95 Å². The third kappa shape index (κ3) is 1.20. The number of benzene rings is 1. The van der Waals surface area contributed by atoms with E-state index in [2.05, 4.69) is 11.9 Å². The average molecular weight is 223 g/mol. The molecule has 2 unspecified atom stereocenters. The molecule has 2 aromatic rings. The molecular weight excluding hydrogens is 212 g/mol. The molecule has 1 aliphatic rings. The molecule has 1 fully saturated rings. The van der Waals surface area contributed by atoms with E-state index >= 15 is 0 Å². The van der Waals surface area contributed by atoms with E-state index in [-0.39, 0.29) is 17.5 Å². The Kier molecular flexibility index (Phi) is 1.75. The highest BCUT2D eigenvalue weighted by molar-refractivity contribution is 5.79. The molecular formula is C11H11F2N3. The van der Waals surface area contributed by atoms with Gasteiger partial charge < -0.3 is 10.3 Å². The number of nitrogens with zero attached hydrogens (tertiary/aromatic N) is 2. The first-order valence-electron chi connectivity index (χ1n) is 5.20. The molecule has 3 nitrogen and oxygen atoms in total. The third-order valence-corrected chi connectivity index (χ3v) is 3.14. The second kappa shape index (κ2) is 2.93. The quantitative estimate of drug-likeness (QED) is 0.807. The SMILES string of the molecule is CC1CC1n1c(N)nc2c(F)cc(F)cc21. The molecule has 1 heterocycles. The van der Waals surface area contributed by atoms with Crippen LogP contribution < -0.4 is 5.73 Å². The molecule has 2 atom stereocenters. The van der Waals surface area contributed by atoms with Crippen LogP contribution in [-0.4, -0.2) is 9.55 Å². The predicted molar refractivity (Wildman–Crippen MR) is 56.9 cm³/mol. The second-order valence-corrected chi connectivity index (χ2v) is 4.38. The zero-order valence-corrected chi connectivity index (χ0v) is 8.74. The molecule has 0 spiro atoms. The standard InChI is InChI=1S/C11H11F2N3/c1-5-2-8(5)16-9-4-6(12)3-7(13)10(9)15-11(16)14/h3-5,8H,2H2,1H3,(H2,14,15). The molecule has 16 heavy (non-hydrogen) atoms. The first-order valence-corrected chi connectivity index (χ1v) is 5.20. The Labute approximate surface area is 90.9 Å². The van der Waals surface area contributed by atoms with Crippen LogP contribution in [0.3, 0.4) is 0 Å². The van der Waals surface area contributed by atoms with Crippen molar-refractivity contribution >= 4 is 17.0 Å². The summed E-state index contributed by atoms with van der Waals surface area (Å²) < 4.78 is 28.3. The van der Waals surface area contributed by atoms with Crippen molar-refractivity contribution in [1.29, 1.82) is 0 Å². The Morgan fingerprint density at radius 3 is 2.75 bits per heavy atom. The highest BCUT2D eigenvalue weighted by Crippen LogP contribution is 2.45. The number of halogens is 2. The Morgan fingerprint density at radius 1 is 1.44 bits per heavy atom. The van der Waals surface area contributed by atoms with Gasteiger partial charge in [-0.2, -0.15) is 0 Å². The minimum atomic E-state index is -0.659. The molecule has 0 amide bonds. The maximum atomic E-state index is 13.4. The average Bonchev–Trinajstić information content (AvgIpc) is 2.79. The normalized spacial score (nSPS) is 23.9. The lowest BCUT2D eigenvalue weighted by molar-refractivity contribution is 0.589. The smallest absolute Gasteiger partial charge is 0.201 e. The zero-order chi connectivity index (χ0) is 11.4. The van der Waals surface area contributed by atoms with Crippen LogP contribution in [0.5, 0.6) is 0 Å². The molecule has 5 heteroatoms. The van der Waals surface area contributed by atoms with Gasteiger partial charge in [-0.25, -0.2) is 13.8 Å². The number of hydrogen-bond donors (Lipinski definition) is 1. The number of rotatable bonds is 1. The summed E-state index contributed by atoms with van der Waals surface area (Å²) in [6.45, 7) is 2.07. The van der Waals surface area contributed by atoms with Crippen molar-refractivity contribution in [2.45, 2.75) is 19.4 Å². The lowest BCUT2D eigenvalue weighted by Crippen LogP contribution is -2.01. The first kappa shape index (κ1) is 9.57. The first-order chi connectivity index (χ1) is 7.58. The van der Waals surface area contributed by atoms with Crippen molar-refractivity contribution in [3.8, 4) is 0 Å². The van der Waals surface area contributed by atoms with Gasteiger partial charge in [0, 0.05) is 18.2 Å². The summed E-state index contributed by atoms with van der Waals surface area (Å²) in [5.41, 5.74) is 6.34. The molecule has 0 bridgehead atoms. The molecule has 84 valence electrons. The van der Waals surface area contributed by atoms with E-state index < -0.39 is 11.6 Å². The Morgan fingerprint density at radius 2 is 2.12 bits per heavy atom. The minimum absolute atomic E-state index is 0.151. The van der Waals surface area contributed by atoms with Crippen molar-refractivity contribution in [3.05, 3.63) is 23.8 Å². The lowest BCUT2D eigenvalue weighted by atomic mass is 10.3. The number of hydrogen-bond acceptors (Lipinski definition) is 2. The number of aromatic nitrogens is 2. The summed E-state index contributed by atoms with van der Waals surface area (Å²) in [6, 6.07) is 2.34. The van der Waals surface area contributed by atoms with Crippen LogP contribution in [0.15, 0.2) is 12.1 Å². The maximum absolute atomic E-state index is 13.4. The zero-order valence-electron chi connectivity index (χ0n) is 8.74. The van der Waals surface area contributed by atoms with Crippen LogP contribution in [0.25, 0.3) is 11.0 Å². The minimum Gasteiger partial charge on any atom is -0.369 e. The van der Waals surface area contributed by atoms with Gasteiger partial charge >= 0.3 is 0 Å². The fourth-order valence-corrected chi connectivity index (χ4v) is 2.15. The number of anilines is 1. The molecule has 2 N–H and O–H groups in total. The van der Waals surface area contributed by atoms with Crippen LogP contribution in [0.2, 0.25) is 0 Å². The third-order valence-electron chi connectivity index (χ3n) is 3.14. The molecule has 0 radical (unpaired) electrons. The van der Waals surface area contributed by atoms with Gasteiger partial charge in [0.1, 0.15) is 11.3 Å². The van der Waals surface area contributed by atoms with E-state index in [1.165, 1.54) is 6.07 Å². The molecule has 1 aromatic heterocycles.